The summed E-state index contributed by atoms with van der Waals surface area (Å²) in [5, 5.41) is 11.1. The van der Waals surface area contributed by atoms with Crippen molar-refractivity contribution in [2.75, 3.05) is 0 Å². The molecule has 0 bridgehead atoms. The van der Waals surface area contributed by atoms with Crippen LogP contribution in [0.4, 0.5) is 0 Å². The third kappa shape index (κ3) is 2.43. The second-order valence-electron chi connectivity index (χ2n) is 4.95. The summed E-state index contributed by atoms with van der Waals surface area (Å²) in [7, 11) is 0. The third-order valence-corrected chi connectivity index (χ3v) is 3.58. The minimum Gasteiger partial charge on any atom is -0.297 e. The molecule has 18 heavy (non-hydrogen) atoms. The summed E-state index contributed by atoms with van der Waals surface area (Å²) in [6, 6.07) is 0. The van der Waals surface area contributed by atoms with Crippen molar-refractivity contribution in [2.45, 2.75) is 38.1 Å². The maximum atomic E-state index is 11.9. The van der Waals surface area contributed by atoms with Gasteiger partial charge in [0, 0.05) is 12.6 Å². The number of nitrogens with zero attached hydrogens (tertiary/aromatic N) is 1. The Hall–Kier alpha value is -1.68. The molecule has 0 aromatic rings. The molecule has 4 nitrogen and oxygen atoms in total. The average molecular weight is 247 g/mol. The summed E-state index contributed by atoms with van der Waals surface area (Å²) in [5.74, 6) is -0.00969. The van der Waals surface area contributed by atoms with Crippen molar-refractivity contribution in [1.29, 1.82) is 0 Å². The van der Waals surface area contributed by atoms with E-state index in [1.807, 2.05) is 0 Å². The molecule has 0 amide bonds. The van der Waals surface area contributed by atoms with Crippen LogP contribution in [0.1, 0.15) is 32.6 Å². The van der Waals surface area contributed by atoms with Gasteiger partial charge >= 0.3 is 0 Å². The number of carbonyl (C=O) groups is 2. The van der Waals surface area contributed by atoms with Gasteiger partial charge in [-0.3, -0.25) is 19.9 Å². The Morgan fingerprint density at radius 2 is 1.89 bits per heavy atom. The lowest BCUT2D eigenvalue weighted by Gasteiger charge is -2.37. The van der Waals surface area contributed by atoms with Crippen molar-refractivity contribution in [2.24, 2.45) is 0 Å². The van der Waals surface area contributed by atoms with Crippen LogP contribution in [-0.2, 0) is 9.59 Å². The first-order chi connectivity index (χ1) is 8.52. The van der Waals surface area contributed by atoms with E-state index < -0.39 is 5.54 Å². The van der Waals surface area contributed by atoms with Gasteiger partial charge in [-0.1, -0.05) is 6.42 Å². The molecule has 1 N–H and O–H groups in total. The van der Waals surface area contributed by atoms with E-state index in [1.165, 1.54) is 18.4 Å². The molecular formula is C14H17NO3. The van der Waals surface area contributed by atoms with Crippen molar-refractivity contribution >= 4 is 11.6 Å². The number of ketones is 2. The second kappa shape index (κ2) is 4.90. The summed E-state index contributed by atoms with van der Waals surface area (Å²) in [5.41, 5.74) is -0.134. The number of hydrogen-bond acceptors (Lipinski definition) is 4. The fourth-order valence-electron chi connectivity index (χ4n) is 2.24. The lowest BCUT2D eigenvalue weighted by Crippen LogP contribution is -2.50. The van der Waals surface area contributed by atoms with Gasteiger partial charge in [-0.2, -0.15) is 0 Å². The van der Waals surface area contributed by atoms with Crippen molar-refractivity contribution in [1.82, 2.24) is 5.06 Å². The van der Waals surface area contributed by atoms with Gasteiger partial charge < -0.3 is 0 Å². The Morgan fingerprint density at radius 1 is 1.22 bits per heavy atom. The predicted molar refractivity (Wildman–Crippen MR) is 66.9 cm³/mol. The molecule has 1 saturated carbocycles. The summed E-state index contributed by atoms with van der Waals surface area (Å²) < 4.78 is 0. The number of allylic oxidation sites excluding steroid dienone is 5. The fraction of sp³-hybridized carbons (Fsp3) is 0.429. The topological polar surface area (TPSA) is 57.6 Å². The smallest absolute Gasteiger partial charge is 0.178 e. The van der Waals surface area contributed by atoms with Gasteiger partial charge in [0.1, 0.15) is 5.54 Å². The van der Waals surface area contributed by atoms with Crippen LogP contribution < -0.4 is 0 Å². The van der Waals surface area contributed by atoms with Crippen LogP contribution >= 0.6 is 0 Å². The van der Waals surface area contributed by atoms with Crippen LogP contribution in [0.25, 0.3) is 0 Å². The Morgan fingerprint density at radius 3 is 2.50 bits per heavy atom. The summed E-state index contributed by atoms with van der Waals surface area (Å²) in [6.07, 6.45) is 10.6. The molecule has 0 aromatic heterocycles. The van der Waals surface area contributed by atoms with E-state index in [1.54, 1.807) is 19.1 Å². The van der Waals surface area contributed by atoms with Gasteiger partial charge in [0.15, 0.2) is 11.6 Å². The van der Waals surface area contributed by atoms with E-state index in [0.29, 0.717) is 18.4 Å². The molecule has 1 fully saturated rings. The molecule has 0 spiro atoms. The van der Waals surface area contributed by atoms with Crippen LogP contribution in [0.3, 0.4) is 0 Å². The standard InChI is InChI=1S/C14H17NO3/c1-14(9-3-2-4-13(14)17)15(18)10-11-5-7-12(16)8-6-11/h5-8,10,18H,2-4,9H2,1H3/t14-/m0/s1. The Bertz CT molecular complexity index is 444. The van der Waals surface area contributed by atoms with Crippen LogP contribution in [0, 0.1) is 0 Å². The van der Waals surface area contributed by atoms with E-state index in [2.05, 4.69) is 0 Å². The lowest BCUT2D eigenvalue weighted by molar-refractivity contribution is -0.162. The number of Topliss-reactive ketones (excluding diaryl/α,β-unsaturated/α-hetero) is 1. The monoisotopic (exact) mass is 247 g/mol. The number of hydroxylamine groups is 2. The second-order valence-corrected chi connectivity index (χ2v) is 4.95. The van der Waals surface area contributed by atoms with E-state index in [9.17, 15) is 14.8 Å². The number of carbonyl (C=O) groups excluding carboxylic acids is 2. The summed E-state index contributed by atoms with van der Waals surface area (Å²) in [6.45, 7) is 1.76. The molecule has 4 heteroatoms. The van der Waals surface area contributed by atoms with Crippen LogP contribution in [0.5, 0.6) is 0 Å². The maximum Gasteiger partial charge on any atom is 0.178 e. The lowest BCUT2D eigenvalue weighted by atomic mass is 9.82. The Kier molecular flexibility index (Phi) is 3.48. The van der Waals surface area contributed by atoms with Crippen molar-refractivity contribution < 1.29 is 14.8 Å². The molecule has 0 aliphatic heterocycles. The van der Waals surface area contributed by atoms with E-state index in [0.717, 1.165) is 17.9 Å². The average Bonchev–Trinajstić information content (AvgIpc) is 2.36. The SMILES string of the molecule is C[C@]1(N(O)C=C2C=CC(=O)C=C2)CCCCC1=O. The third-order valence-electron chi connectivity index (χ3n) is 3.58. The normalized spacial score (nSPS) is 27.6. The highest BCUT2D eigenvalue weighted by Gasteiger charge is 2.39. The van der Waals surface area contributed by atoms with Crippen LogP contribution in [-0.4, -0.2) is 27.4 Å². The zero-order valence-corrected chi connectivity index (χ0v) is 10.4. The van der Waals surface area contributed by atoms with E-state index in [-0.39, 0.29) is 11.6 Å². The zero-order valence-electron chi connectivity index (χ0n) is 10.4. The number of hydrogen-bond donors (Lipinski definition) is 1. The first-order valence-electron chi connectivity index (χ1n) is 6.16. The molecule has 0 heterocycles. The molecule has 0 aromatic carbocycles. The molecule has 2 rings (SSSR count). The van der Waals surface area contributed by atoms with Gasteiger partial charge in [-0.25, -0.2) is 0 Å². The zero-order chi connectivity index (χ0) is 13.2. The maximum absolute atomic E-state index is 11.9. The van der Waals surface area contributed by atoms with Gasteiger partial charge in [0.2, 0.25) is 0 Å². The molecule has 0 saturated heterocycles. The van der Waals surface area contributed by atoms with E-state index >= 15 is 0 Å². The highest BCUT2D eigenvalue weighted by atomic mass is 16.5. The van der Waals surface area contributed by atoms with Gasteiger partial charge in [0.25, 0.3) is 0 Å². The quantitative estimate of drug-likeness (QED) is 0.760. The van der Waals surface area contributed by atoms with Gasteiger partial charge in [0.05, 0.1) is 0 Å². The highest BCUT2D eigenvalue weighted by Crippen LogP contribution is 2.30. The molecule has 96 valence electrons. The Balaban J connectivity index is 2.16. The molecule has 2 aliphatic carbocycles. The molecular weight excluding hydrogens is 230 g/mol. The predicted octanol–water partition coefficient (Wildman–Crippen LogP) is 2.16. The Labute approximate surface area is 106 Å². The van der Waals surface area contributed by atoms with Gasteiger partial charge in [-0.15, -0.1) is 0 Å². The fourth-order valence-corrected chi connectivity index (χ4v) is 2.24. The van der Waals surface area contributed by atoms with Crippen LogP contribution in [0.2, 0.25) is 0 Å². The largest absolute Gasteiger partial charge is 0.297 e. The summed E-state index contributed by atoms with van der Waals surface area (Å²) >= 11 is 0. The molecule has 1 atom stereocenters. The van der Waals surface area contributed by atoms with Gasteiger partial charge in [-0.05, 0) is 49.6 Å². The molecule has 2 aliphatic rings. The van der Waals surface area contributed by atoms with Crippen LogP contribution in [0.15, 0.2) is 36.1 Å². The number of rotatable bonds is 2. The van der Waals surface area contributed by atoms with Crippen molar-refractivity contribution in [3.8, 4) is 0 Å². The summed E-state index contributed by atoms with van der Waals surface area (Å²) in [4.78, 5) is 22.9. The first kappa shape index (κ1) is 12.8. The highest BCUT2D eigenvalue weighted by molar-refractivity contribution is 6.01. The molecule has 0 unspecified atom stereocenters. The van der Waals surface area contributed by atoms with E-state index in [4.69, 9.17) is 0 Å². The van der Waals surface area contributed by atoms with Crippen molar-refractivity contribution in [3.63, 3.8) is 0 Å². The van der Waals surface area contributed by atoms with Crippen molar-refractivity contribution in [3.05, 3.63) is 36.1 Å². The molecule has 0 radical (unpaired) electrons. The minimum absolute atomic E-state index is 0.0629. The minimum atomic E-state index is -0.839. The first-order valence-corrected chi connectivity index (χ1v) is 6.16.